The second kappa shape index (κ2) is 69.8. The third-order valence-corrected chi connectivity index (χ3v) is 3.41. The minimum atomic E-state index is 1.50. The maximum atomic E-state index is 2.00. The predicted octanol–water partition coefficient (Wildman–Crippen LogP) is 14.0. The predicted molar refractivity (Wildman–Crippen MR) is 160 cm³/mol. The Bertz CT molecular complexity index is 106. The van der Waals surface area contributed by atoms with Gasteiger partial charge in [-0.25, -0.2) is 0 Å². The molecule has 0 aromatic carbocycles. The lowest BCUT2D eigenvalue weighted by Gasteiger charge is -2.05. The molecule has 0 radical (unpaired) electrons. The van der Waals surface area contributed by atoms with Crippen molar-refractivity contribution in [1.82, 2.24) is 0 Å². The lowest BCUT2D eigenvalue weighted by Crippen LogP contribution is -1.85. The minimum absolute atomic E-state index is 1.50. The van der Waals surface area contributed by atoms with Gasteiger partial charge in [0.05, 0.1) is 0 Å². The maximum Gasteiger partial charge on any atom is -0.0533 e. The van der Waals surface area contributed by atoms with E-state index in [1.54, 1.807) is 0 Å². The van der Waals surface area contributed by atoms with Crippen molar-refractivity contribution in [3.8, 4) is 0 Å². The van der Waals surface area contributed by atoms with Gasteiger partial charge in [0.1, 0.15) is 0 Å². The molecule has 6 aliphatic rings. The lowest BCUT2D eigenvalue weighted by molar-refractivity contribution is 0.504. The zero-order valence-corrected chi connectivity index (χ0v) is 26.1. The highest BCUT2D eigenvalue weighted by Gasteiger charge is 1.96. The van der Waals surface area contributed by atoms with Gasteiger partial charge >= 0.3 is 0 Å². The average molecular weight is 461 g/mol. The van der Waals surface area contributed by atoms with E-state index in [-0.39, 0.29) is 0 Å². The fourth-order valence-corrected chi connectivity index (χ4v) is 0.500. The van der Waals surface area contributed by atoms with Crippen LogP contribution in [0.25, 0.3) is 0 Å². The van der Waals surface area contributed by atoms with Gasteiger partial charge in [0.2, 0.25) is 0 Å². The van der Waals surface area contributed by atoms with E-state index < -0.39 is 0 Å². The van der Waals surface area contributed by atoms with E-state index in [0.717, 1.165) is 0 Å². The number of hydrogen-bond acceptors (Lipinski definition) is 0. The minimum Gasteiger partial charge on any atom is -0.0683 e. The molecule has 32 heavy (non-hydrogen) atoms. The third kappa shape index (κ3) is 175. The van der Waals surface area contributed by atoms with Gasteiger partial charge in [-0.1, -0.05) is 212 Å². The summed E-state index contributed by atoms with van der Waals surface area (Å²) >= 11 is 0. The summed E-state index contributed by atoms with van der Waals surface area (Å²) in [4.78, 5) is 0. The largest absolute Gasteiger partial charge is 0.0683 e. The van der Waals surface area contributed by atoms with Crippen LogP contribution in [0.1, 0.15) is 212 Å². The second-order valence-electron chi connectivity index (χ2n) is 7.07. The van der Waals surface area contributed by atoms with Crippen molar-refractivity contribution in [2.75, 3.05) is 0 Å². The average Bonchev–Trinajstić information content (AvgIpc) is 3.68. The summed E-state index contributed by atoms with van der Waals surface area (Å²) in [5.41, 5.74) is 0. The van der Waals surface area contributed by atoms with Crippen molar-refractivity contribution in [3.63, 3.8) is 0 Å². The van der Waals surface area contributed by atoms with E-state index >= 15 is 0 Å². The Hall–Kier alpha value is 0. The molecule has 0 spiro atoms. The Labute approximate surface area is 211 Å². The molecule has 0 atom stereocenters. The highest BCUT2D eigenvalue weighted by atomic mass is 14.0. The van der Waals surface area contributed by atoms with Crippen molar-refractivity contribution in [3.05, 3.63) is 0 Å². The van der Waals surface area contributed by atoms with Crippen LogP contribution in [0.5, 0.6) is 0 Å². The maximum absolute atomic E-state index is 2.00. The molecule has 6 fully saturated rings. The summed E-state index contributed by atoms with van der Waals surface area (Å²) in [5.74, 6) is 0. The van der Waals surface area contributed by atoms with Crippen LogP contribution in [0.3, 0.4) is 0 Å². The molecular weight excluding hydrogens is 384 g/mol. The highest BCUT2D eigenvalue weighted by Crippen LogP contribution is 2.16. The molecule has 0 N–H and O–H groups in total. The molecule has 6 rings (SSSR count). The summed E-state index contributed by atoms with van der Waals surface area (Å²) in [6.07, 6.45) is 30.0. The van der Waals surface area contributed by atoms with Crippen LogP contribution in [0.15, 0.2) is 0 Å². The monoisotopic (exact) mass is 461 g/mol. The van der Waals surface area contributed by atoms with Gasteiger partial charge in [-0.05, 0) is 0 Å². The Morgan fingerprint density at radius 3 is 0.156 bits per heavy atom. The van der Waals surface area contributed by atoms with E-state index in [4.69, 9.17) is 0 Å². The van der Waals surface area contributed by atoms with Gasteiger partial charge in [-0.15, -0.1) is 0 Å². The van der Waals surface area contributed by atoms with Crippen LogP contribution < -0.4 is 0 Å². The van der Waals surface area contributed by atoms with E-state index in [1.165, 1.54) is 128 Å². The zero-order valence-electron chi connectivity index (χ0n) is 26.1. The lowest BCUT2D eigenvalue weighted by atomic mass is 10.0. The van der Waals surface area contributed by atoms with E-state index in [0.29, 0.717) is 0 Å². The van der Waals surface area contributed by atoms with Crippen LogP contribution in [-0.2, 0) is 0 Å². The Balaban J connectivity index is -0.0000000585. The molecule has 0 aromatic rings. The molecule has 6 aliphatic carbocycles. The van der Waals surface area contributed by atoms with Gasteiger partial charge in [0, 0.05) is 0 Å². The Kier molecular flexibility index (Phi) is 99.2. The molecule has 0 amide bonds. The van der Waals surface area contributed by atoms with Crippen LogP contribution in [-0.4, -0.2) is 0 Å². The van der Waals surface area contributed by atoms with Crippen molar-refractivity contribution in [2.45, 2.75) is 212 Å². The standard InChI is InChI=1S/2C4H8.4C3H6.6C2H6/c2*1-2-4-3-1;4*1-2-3-1;6*1-2/h2*1-4H2;4*1-3H2;6*1-2H3. The van der Waals surface area contributed by atoms with Crippen LogP contribution in [0, 0.1) is 0 Å². The second-order valence-corrected chi connectivity index (χ2v) is 7.07. The first kappa shape index (κ1) is 45.5. The van der Waals surface area contributed by atoms with Crippen molar-refractivity contribution in [2.24, 2.45) is 0 Å². The molecule has 0 aliphatic heterocycles. The van der Waals surface area contributed by atoms with Gasteiger partial charge in [0.15, 0.2) is 0 Å². The molecule has 0 nitrogen and oxygen atoms in total. The number of hydrogen-bond donors (Lipinski definition) is 0. The summed E-state index contributed by atoms with van der Waals surface area (Å²) < 4.78 is 0. The molecule has 0 heterocycles. The van der Waals surface area contributed by atoms with Crippen molar-refractivity contribution < 1.29 is 0 Å². The normalized spacial score (nSPS) is 16.1. The first-order valence-corrected chi connectivity index (χ1v) is 16.0. The molecule has 0 saturated heterocycles. The number of rotatable bonds is 0. The fourth-order valence-electron chi connectivity index (χ4n) is 0.500. The van der Waals surface area contributed by atoms with Crippen LogP contribution in [0.2, 0.25) is 0 Å². The Morgan fingerprint density at radius 1 is 0.125 bits per heavy atom. The summed E-state index contributed by atoms with van der Waals surface area (Å²) in [5, 5.41) is 0. The Morgan fingerprint density at radius 2 is 0.156 bits per heavy atom. The molecule has 0 bridgehead atoms. The fraction of sp³-hybridized carbons (Fsp3) is 1.00. The first-order chi connectivity index (χ1) is 16.0. The smallest absolute Gasteiger partial charge is 0.0533 e. The summed E-state index contributed by atoms with van der Waals surface area (Å²) in [6.45, 7) is 24.0. The van der Waals surface area contributed by atoms with E-state index in [2.05, 4.69) is 0 Å². The van der Waals surface area contributed by atoms with Gasteiger partial charge < -0.3 is 0 Å². The topological polar surface area (TPSA) is 0 Å². The molecule has 0 unspecified atom stereocenters. The molecular formula is C32H76. The van der Waals surface area contributed by atoms with Crippen LogP contribution >= 0.6 is 0 Å². The SMILES string of the molecule is C1CC1.C1CC1.C1CC1.C1CC1.C1CCC1.C1CCC1.CC.CC.CC.CC.CC.CC. The zero-order chi connectivity index (χ0) is 26.1. The summed E-state index contributed by atoms with van der Waals surface area (Å²) in [6, 6.07) is 0. The van der Waals surface area contributed by atoms with Crippen LogP contribution in [0.4, 0.5) is 0 Å². The van der Waals surface area contributed by atoms with E-state index in [1.807, 2.05) is 83.1 Å². The summed E-state index contributed by atoms with van der Waals surface area (Å²) in [7, 11) is 0. The van der Waals surface area contributed by atoms with Gasteiger partial charge in [-0.3, -0.25) is 0 Å². The van der Waals surface area contributed by atoms with Gasteiger partial charge in [-0.2, -0.15) is 0 Å². The first-order valence-electron chi connectivity index (χ1n) is 16.0. The third-order valence-electron chi connectivity index (χ3n) is 3.41. The molecule has 0 heteroatoms. The molecule has 6 saturated carbocycles. The van der Waals surface area contributed by atoms with Crippen molar-refractivity contribution in [1.29, 1.82) is 0 Å². The van der Waals surface area contributed by atoms with Gasteiger partial charge in [0.25, 0.3) is 0 Å². The van der Waals surface area contributed by atoms with E-state index in [9.17, 15) is 0 Å². The van der Waals surface area contributed by atoms with Crippen molar-refractivity contribution >= 4 is 0 Å². The molecule has 0 aromatic heterocycles. The quantitative estimate of drug-likeness (QED) is 0.337. The highest BCUT2D eigenvalue weighted by molar-refractivity contribution is 4.52. The molecule has 204 valence electrons.